The summed E-state index contributed by atoms with van der Waals surface area (Å²) in [6.45, 7) is 0. The van der Waals surface area contributed by atoms with E-state index < -0.39 is 6.04 Å². The van der Waals surface area contributed by atoms with Crippen molar-refractivity contribution in [1.29, 1.82) is 0 Å². The van der Waals surface area contributed by atoms with E-state index in [-0.39, 0.29) is 5.91 Å². The normalized spacial score (nSPS) is 12.0. The number of halogens is 2. The molecule has 21 heavy (non-hydrogen) atoms. The van der Waals surface area contributed by atoms with E-state index in [2.05, 4.69) is 21.2 Å². The van der Waals surface area contributed by atoms with Crippen LogP contribution in [0, 0.1) is 0 Å². The highest BCUT2D eigenvalue weighted by Crippen LogP contribution is 2.25. The van der Waals surface area contributed by atoms with Crippen molar-refractivity contribution in [3.05, 3.63) is 63.6 Å². The van der Waals surface area contributed by atoms with Crippen LogP contribution in [0.1, 0.15) is 12.0 Å². The molecule has 3 N–H and O–H groups in total. The van der Waals surface area contributed by atoms with Gasteiger partial charge in [-0.2, -0.15) is 0 Å². The molecule has 0 radical (unpaired) electrons. The van der Waals surface area contributed by atoms with E-state index >= 15 is 0 Å². The van der Waals surface area contributed by atoms with E-state index in [0.29, 0.717) is 17.1 Å². The zero-order valence-corrected chi connectivity index (χ0v) is 13.7. The van der Waals surface area contributed by atoms with Crippen molar-refractivity contribution in [2.75, 3.05) is 5.32 Å². The maximum atomic E-state index is 12.0. The zero-order valence-electron chi connectivity index (χ0n) is 11.4. The molecule has 5 heteroatoms. The molecule has 2 aromatic rings. The number of hydrogen-bond donors (Lipinski definition) is 2. The number of carbonyl (C=O) groups excluding carboxylic acids is 1. The second-order valence-electron chi connectivity index (χ2n) is 4.75. The number of anilines is 1. The molecule has 0 aliphatic carbocycles. The maximum Gasteiger partial charge on any atom is 0.241 e. The number of nitrogens with one attached hydrogen (secondary N) is 1. The van der Waals surface area contributed by atoms with Gasteiger partial charge in [0.05, 0.1) is 11.1 Å². The van der Waals surface area contributed by atoms with E-state index in [1.165, 1.54) is 5.56 Å². The predicted molar refractivity (Wildman–Crippen MR) is 90.5 cm³/mol. The van der Waals surface area contributed by atoms with Crippen molar-refractivity contribution in [2.24, 2.45) is 5.73 Å². The van der Waals surface area contributed by atoms with E-state index in [1.807, 2.05) is 30.3 Å². The molecule has 0 fully saturated rings. The summed E-state index contributed by atoms with van der Waals surface area (Å²) < 4.78 is 0.788. The fourth-order valence-electron chi connectivity index (χ4n) is 1.91. The van der Waals surface area contributed by atoms with E-state index in [4.69, 9.17) is 17.3 Å². The maximum absolute atomic E-state index is 12.0. The Hall–Kier alpha value is -1.36. The Morgan fingerprint density at radius 3 is 2.62 bits per heavy atom. The fraction of sp³-hybridized carbons (Fsp3) is 0.188. The molecular formula is C16H16BrClN2O. The molecule has 2 rings (SSSR count). The molecule has 1 unspecified atom stereocenters. The highest BCUT2D eigenvalue weighted by Gasteiger charge is 2.14. The van der Waals surface area contributed by atoms with Crippen molar-refractivity contribution in [3.63, 3.8) is 0 Å². The van der Waals surface area contributed by atoms with Gasteiger partial charge in [-0.05, 0) is 52.5 Å². The van der Waals surface area contributed by atoms with Gasteiger partial charge in [0.15, 0.2) is 0 Å². The van der Waals surface area contributed by atoms with Crippen LogP contribution >= 0.6 is 27.5 Å². The number of nitrogens with two attached hydrogens (primary N) is 1. The van der Waals surface area contributed by atoms with E-state index in [9.17, 15) is 4.79 Å². The third kappa shape index (κ3) is 4.84. The van der Waals surface area contributed by atoms with Crippen LogP contribution in [0.3, 0.4) is 0 Å². The SMILES string of the molecule is NC(CCc1ccccc1)C(=O)Nc1ccc(Br)c(Cl)c1. The molecule has 1 amide bonds. The first-order chi connectivity index (χ1) is 10.1. The Bertz CT molecular complexity index is 619. The lowest BCUT2D eigenvalue weighted by molar-refractivity contribution is -0.117. The molecule has 3 nitrogen and oxygen atoms in total. The average Bonchev–Trinajstić information content (AvgIpc) is 2.49. The first-order valence-corrected chi connectivity index (χ1v) is 7.79. The average molecular weight is 368 g/mol. The summed E-state index contributed by atoms with van der Waals surface area (Å²) in [6.07, 6.45) is 1.37. The third-order valence-electron chi connectivity index (χ3n) is 3.11. The second kappa shape index (κ2) is 7.59. The van der Waals surface area contributed by atoms with Gasteiger partial charge in [0.25, 0.3) is 0 Å². The van der Waals surface area contributed by atoms with Crippen molar-refractivity contribution in [1.82, 2.24) is 0 Å². The highest BCUT2D eigenvalue weighted by molar-refractivity contribution is 9.10. The van der Waals surface area contributed by atoms with Crippen LogP contribution in [0.4, 0.5) is 5.69 Å². The Labute approximate surface area is 137 Å². The minimum absolute atomic E-state index is 0.204. The summed E-state index contributed by atoms with van der Waals surface area (Å²) in [5.74, 6) is -0.204. The quantitative estimate of drug-likeness (QED) is 0.839. The number of hydrogen-bond acceptors (Lipinski definition) is 2. The van der Waals surface area contributed by atoms with Gasteiger partial charge in [-0.15, -0.1) is 0 Å². The first kappa shape index (κ1) is 16.0. The van der Waals surface area contributed by atoms with Gasteiger partial charge in [0.2, 0.25) is 5.91 Å². The van der Waals surface area contributed by atoms with Crippen molar-refractivity contribution in [3.8, 4) is 0 Å². The molecule has 0 aromatic heterocycles. The lowest BCUT2D eigenvalue weighted by atomic mass is 10.1. The lowest BCUT2D eigenvalue weighted by Crippen LogP contribution is -2.36. The van der Waals surface area contributed by atoms with Gasteiger partial charge < -0.3 is 11.1 Å². The smallest absolute Gasteiger partial charge is 0.241 e. The first-order valence-electron chi connectivity index (χ1n) is 6.61. The summed E-state index contributed by atoms with van der Waals surface area (Å²) in [4.78, 5) is 12.0. The largest absolute Gasteiger partial charge is 0.325 e. The van der Waals surface area contributed by atoms with E-state index in [0.717, 1.165) is 10.9 Å². The Kier molecular flexibility index (Phi) is 5.79. The number of rotatable bonds is 5. The van der Waals surface area contributed by atoms with Crippen LogP contribution in [0.15, 0.2) is 53.0 Å². The minimum Gasteiger partial charge on any atom is -0.325 e. The lowest BCUT2D eigenvalue weighted by Gasteiger charge is -2.12. The molecule has 2 aromatic carbocycles. The molecule has 0 saturated heterocycles. The van der Waals surface area contributed by atoms with Gasteiger partial charge in [-0.3, -0.25) is 4.79 Å². The third-order valence-corrected chi connectivity index (χ3v) is 4.34. The molecule has 0 aliphatic heterocycles. The second-order valence-corrected chi connectivity index (χ2v) is 6.01. The molecular weight excluding hydrogens is 352 g/mol. The summed E-state index contributed by atoms with van der Waals surface area (Å²) in [5, 5.41) is 3.32. The molecule has 110 valence electrons. The Balaban J connectivity index is 1.89. The zero-order chi connectivity index (χ0) is 15.2. The Morgan fingerprint density at radius 2 is 1.95 bits per heavy atom. The molecule has 1 atom stereocenters. The fourth-order valence-corrected chi connectivity index (χ4v) is 2.33. The van der Waals surface area contributed by atoms with Crippen LogP contribution in [0.25, 0.3) is 0 Å². The van der Waals surface area contributed by atoms with Gasteiger partial charge >= 0.3 is 0 Å². The number of benzene rings is 2. The minimum atomic E-state index is -0.548. The molecule has 0 spiro atoms. The Morgan fingerprint density at radius 1 is 1.24 bits per heavy atom. The summed E-state index contributed by atoms with van der Waals surface area (Å²) >= 11 is 9.29. The molecule has 0 bridgehead atoms. The topological polar surface area (TPSA) is 55.1 Å². The summed E-state index contributed by atoms with van der Waals surface area (Å²) in [5.41, 5.74) is 7.74. The van der Waals surface area contributed by atoms with Crippen LogP contribution in [0.2, 0.25) is 5.02 Å². The number of amides is 1. The molecule has 0 saturated carbocycles. The standard InChI is InChI=1S/C16H16BrClN2O/c17-13-8-7-12(10-14(13)18)20-16(21)15(19)9-6-11-4-2-1-3-5-11/h1-5,7-8,10,15H,6,9,19H2,(H,20,21). The van der Waals surface area contributed by atoms with Gasteiger partial charge in [0, 0.05) is 10.2 Å². The van der Waals surface area contributed by atoms with Crippen molar-refractivity contribution >= 4 is 39.1 Å². The highest BCUT2D eigenvalue weighted by atomic mass is 79.9. The van der Waals surface area contributed by atoms with Gasteiger partial charge in [-0.1, -0.05) is 41.9 Å². The van der Waals surface area contributed by atoms with Crippen molar-refractivity contribution < 1.29 is 4.79 Å². The van der Waals surface area contributed by atoms with Crippen LogP contribution in [0.5, 0.6) is 0 Å². The summed E-state index contributed by atoms with van der Waals surface area (Å²) in [6, 6.07) is 14.7. The number of carbonyl (C=O) groups is 1. The van der Waals surface area contributed by atoms with Crippen LogP contribution in [-0.2, 0) is 11.2 Å². The number of aryl methyl sites for hydroxylation is 1. The molecule has 0 aliphatic rings. The van der Waals surface area contributed by atoms with E-state index in [1.54, 1.807) is 18.2 Å². The van der Waals surface area contributed by atoms with Gasteiger partial charge in [0.1, 0.15) is 0 Å². The molecule has 0 heterocycles. The van der Waals surface area contributed by atoms with Crippen LogP contribution < -0.4 is 11.1 Å². The predicted octanol–water partition coefficient (Wildman–Crippen LogP) is 4.00. The summed E-state index contributed by atoms with van der Waals surface area (Å²) in [7, 11) is 0. The van der Waals surface area contributed by atoms with Crippen LogP contribution in [-0.4, -0.2) is 11.9 Å². The monoisotopic (exact) mass is 366 g/mol. The van der Waals surface area contributed by atoms with Crippen molar-refractivity contribution in [2.45, 2.75) is 18.9 Å². The van der Waals surface area contributed by atoms with Gasteiger partial charge in [-0.25, -0.2) is 0 Å².